The van der Waals surface area contributed by atoms with Crippen LogP contribution < -0.4 is 15.4 Å². The van der Waals surface area contributed by atoms with Crippen molar-refractivity contribution in [3.05, 3.63) is 24.2 Å². The van der Waals surface area contributed by atoms with E-state index in [1.165, 1.54) is 0 Å². The third kappa shape index (κ3) is 10.6. The van der Waals surface area contributed by atoms with Gasteiger partial charge in [-0.3, -0.25) is 4.99 Å². The quantitative estimate of drug-likeness (QED) is 0.310. The van der Waals surface area contributed by atoms with Gasteiger partial charge in [0.1, 0.15) is 5.76 Å². The third-order valence-electron chi connectivity index (χ3n) is 2.68. The van der Waals surface area contributed by atoms with Gasteiger partial charge in [0.2, 0.25) is 10.0 Å². The zero-order valence-electron chi connectivity index (χ0n) is 14.0. The van der Waals surface area contributed by atoms with Gasteiger partial charge in [0.25, 0.3) is 0 Å². The minimum atomic E-state index is -3.26. The molecule has 1 aromatic rings. The van der Waals surface area contributed by atoms with Gasteiger partial charge in [-0.1, -0.05) is 0 Å². The van der Waals surface area contributed by atoms with E-state index < -0.39 is 15.6 Å². The molecule has 0 saturated heterocycles. The molecule has 134 valence electrons. The Morgan fingerprint density at radius 2 is 2.04 bits per heavy atom. The Labute approximate surface area is 155 Å². The van der Waals surface area contributed by atoms with Gasteiger partial charge in [-0.05, 0) is 32.9 Å². The van der Waals surface area contributed by atoms with Gasteiger partial charge in [-0.2, -0.15) is 0 Å². The smallest absolute Gasteiger partial charge is 0.209 e. The fraction of sp³-hybridized carbons (Fsp3) is 0.643. The lowest BCUT2D eigenvalue weighted by Gasteiger charge is -2.23. The second kappa shape index (κ2) is 10.1. The van der Waals surface area contributed by atoms with Gasteiger partial charge >= 0.3 is 0 Å². The van der Waals surface area contributed by atoms with Crippen molar-refractivity contribution < 1.29 is 12.8 Å². The van der Waals surface area contributed by atoms with Crippen LogP contribution in [0.25, 0.3) is 0 Å². The summed E-state index contributed by atoms with van der Waals surface area (Å²) in [5, 5.41) is 6.33. The Hall–Kier alpha value is -0.810. The summed E-state index contributed by atoms with van der Waals surface area (Å²) in [4.78, 5) is 4.43. The Kier molecular flexibility index (Phi) is 9.78. The molecule has 0 amide bonds. The average Bonchev–Trinajstić information content (AvgIpc) is 2.86. The molecule has 1 heterocycles. The van der Waals surface area contributed by atoms with Crippen LogP contribution in [0.5, 0.6) is 0 Å². The van der Waals surface area contributed by atoms with E-state index in [4.69, 9.17) is 4.42 Å². The molecule has 0 unspecified atom stereocenters. The molecule has 9 heteroatoms. The molecule has 0 spiro atoms. The number of nitrogens with one attached hydrogen (secondary N) is 3. The van der Waals surface area contributed by atoms with Crippen LogP contribution >= 0.6 is 24.0 Å². The molecule has 0 aliphatic carbocycles. The molecule has 1 rings (SSSR count). The molecular formula is C14H27IN4O3S. The minimum absolute atomic E-state index is 0. The van der Waals surface area contributed by atoms with Crippen molar-refractivity contribution >= 4 is 40.0 Å². The summed E-state index contributed by atoms with van der Waals surface area (Å²) in [7, 11) is -3.26. The highest BCUT2D eigenvalue weighted by molar-refractivity contribution is 14.0. The van der Waals surface area contributed by atoms with E-state index in [9.17, 15) is 8.42 Å². The van der Waals surface area contributed by atoms with Crippen molar-refractivity contribution in [2.75, 3.05) is 25.9 Å². The van der Waals surface area contributed by atoms with Gasteiger partial charge in [0.15, 0.2) is 5.96 Å². The largest absolute Gasteiger partial charge is 0.469 e. The minimum Gasteiger partial charge on any atom is -0.469 e. The summed E-state index contributed by atoms with van der Waals surface area (Å²) in [5.41, 5.74) is -0.642. The molecule has 3 N–H and O–H groups in total. The molecule has 0 saturated carbocycles. The number of halogens is 1. The predicted molar refractivity (Wildman–Crippen MR) is 104 cm³/mol. The third-order valence-corrected chi connectivity index (χ3v) is 3.61. The summed E-state index contributed by atoms with van der Waals surface area (Å²) < 4.78 is 30.5. The second-order valence-electron chi connectivity index (χ2n) is 5.71. The van der Waals surface area contributed by atoms with Gasteiger partial charge in [0, 0.05) is 25.0 Å². The molecule has 0 radical (unpaired) electrons. The van der Waals surface area contributed by atoms with Crippen LogP contribution in [-0.4, -0.2) is 45.8 Å². The zero-order chi connectivity index (χ0) is 16.6. The SMILES string of the molecule is CCNC(=NCC(C)(C)NS(C)(=O)=O)NCCc1ccco1.I. The fourth-order valence-electron chi connectivity index (χ4n) is 1.91. The van der Waals surface area contributed by atoms with Crippen LogP contribution in [0, 0.1) is 0 Å². The van der Waals surface area contributed by atoms with E-state index in [0.717, 1.165) is 25.0 Å². The number of hydrogen-bond acceptors (Lipinski definition) is 4. The highest BCUT2D eigenvalue weighted by Gasteiger charge is 2.21. The number of furan rings is 1. The molecular weight excluding hydrogens is 431 g/mol. The lowest BCUT2D eigenvalue weighted by molar-refractivity contribution is 0.464. The lowest BCUT2D eigenvalue weighted by Crippen LogP contribution is -2.47. The topological polar surface area (TPSA) is 95.7 Å². The van der Waals surface area contributed by atoms with Crippen molar-refractivity contribution in [2.45, 2.75) is 32.7 Å². The maximum absolute atomic E-state index is 11.3. The summed E-state index contributed by atoms with van der Waals surface area (Å²) >= 11 is 0. The Morgan fingerprint density at radius 3 is 2.57 bits per heavy atom. The normalized spacial score (nSPS) is 12.6. The van der Waals surface area contributed by atoms with Crippen LogP contribution in [0.15, 0.2) is 27.8 Å². The summed E-state index contributed by atoms with van der Waals surface area (Å²) in [6.07, 6.45) is 3.54. The zero-order valence-corrected chi connectivity index (χ0v) is 17.2. The van der Waals surface area contributed by atoms with E-state index in [0.29, 0.717) is 19.0 Å². The molecule has 0 aromatic carbocycles. The van der Waals surface area contributed by atoms with Gasteiger partial charge in [-0.25, -0.2) is 13.1 Å². The molecule has 0 bridgehead atoms. The molecule has 1 aromatic heterocycles. The molecule has 0 aliphatic rings. The van der Waals surface area contributed by atoms with E-state index in [1.807, 2.05) is 19.1 Å². The first kappa shape index (κ1) is 22.2. The van der Waals surface area contributed by atoms with Crippen molar-refractivity contribution in [3.8, 4) is 0 Å². The van der Waals surface area contributed by atoms with Crippen molar-refractivity contribution in [1.29, 1.82) is 0 Å². The molecule has 0 atom stereocenters. The Bertz CT molecular complexity index is 571. The molecule has 0 aliphatic heterocycles. The van der Waals surface area contributed by atoms with Crippen LogP contribution in [0.4, 0.5) is 0 Å². The first-order chi connectivity index (χ1) is 10.2. The molecule has 0 fully saturated rings. The van der Waals surface area contributed by atoms with Crippen molar-refractivity contribution in [2.24, 2.45) is 4.99 Å². The number of sulfonamides is 1. The fourth-order valence-corrected chi connectivity index (χ4v) is 2.98. The maximum Gasteiger partial charge on any atom is 0.209 e. The predicted octanol–water partition coefficient (Wildman–Crippen LogP) is 1.32. The van der Waals surface area contributed by atoms with Gasteiger partial charge < -0.3 is 15.1 Å². The second-order valence-corrected chi connectivity index (χ2v) is 7.46. The highest BCUT2D eigenvalue weighted by atomic mass is 127. The average molecular weight is 458 g/mol. The lowest BCUT2D eigenvalue weighted by atomic mass is 10.1. The van der Waals surface area contributed by atoms with Gasteiger partial charge in [0.05, 0.1) is 19.1 Å². The first-order valence-corrected chi connectivity index (χ1v) is 9.14. The van der Waals surface area contributed by atoms with Crippen molar-refractivity contribution in [1.82, 2.24) is 15.4 Å². The van der Waals surface area contributed by atoms with Crippen LogP contribution in [-0.2, 0) is 16.4 Å². The van der Waals surface area contributed by atoms with Crippen LogP contribution in [0.3, 0.4) is 0 Å². The highest BCUT2D eigenvalue weighted by Crippen LogP contribution is 2.04. The summed E-state index contributed by atoms with van der Waals surface area (Å²) in [6, 6.07) is 3.78. The number of hydrogen-bond donors (Lipinski definition) is 3. The van der Waals surface area contributed by atoms with Crippen molar-refractivity contribution in [3.63, 3.8) is 0 Å². The van der Waals surface area contributed by atoms with E-state index in [1.54, 1.807) is 20.1 Å². The first-order valence-electron chi connectivity index (χ1n) is 7.25. The number of guanidine groups is 1. The van der Waals surface area contributed by atoms with E-state index in [2.05, 4.69) is 20.3 Å². The number of nitrogens with zero attached hydrogens (tertiary/aromatic N) is 1. The number of aliphatic imine (C=N–C) groups is 1. The van der Waals surface area contributed by atoms with Gasteiger partial charge in [-0.15, -0.1) is 24.0 Å². The summed E-state index contributed by atoms with van der Waals surface area (Å²) in [5.74, 6) is 1.56. The Balaban J connectivity index is 0.00000484. The van der Waals surface area contributed by atoms with Crippen LogP contribution in [0.1, 0.15) is 26.5 Å². The Morgan fingerprint density at radius 1 is 1.35 bits per heavy atom. The summed E-state index contributed by atoms with van der Waals surface area (Å²) in [6.45, 7) is 7.31. The van der Waals surface area contributed by atoms with Crippen LogP contribution in [0.2, 0.25) is 0 Å². The number of rotatable bonds is 8. The molecule has 7 nitrogen and oxygen atoms in total. The standard InChI is InChI=1S/C14H26N4O3S.HI/c1-5-15-13(16-9-8-12-7-6-10-21-12)17-11-14(2,3)18-22(4,19)20;/h6-7,10,18H,5,8-9,11H2,1-4H3,(H2,15,16,17);1H. The molecule has 23 heavy (non-hydrogen) atoms. The van der Waals surface area contributed by atoms with E-state index in [-0.39, 0.29) is 24.0 Å². The van der Waals surface area contributed by atoms with E-state index >= 15 is 0 Å². The monoisotopic (exact) mass is 458 g/mol. The maximum atomic E-state index is 11.3.